The second-order valence-electron chi connectivity index (χ2n) is 4.38. The van der Waals surface area contributed by atoms with Crippen LogP contribution in [0.5, 0.6) is 5.75 Å². The Bertz CT molecular complexity index is 537. The van der Waals surface area contributed by atoms with Crippen LogP contribution in [0.4, 0.5) is 4.79 Å². The van der Waals surface area contributed by atoms with Gasteiger partial charge in [-0.3, -0.25) is 0 Å². The van der Waals surface area contributed by atoms with Crippen LogP contribution in [0.2, 0.25) is 0 Å². The van der Waals surface area contributed by atoms with Crippen LogP contribution in [0.3, 0.4) is 0 Å². The second-order valence-corrected chi connectivity index (χ2v) is 5.32. The first-order valence-corrected chi connectivity index (χ1v) is 6.98. The third kappa shape index (κ3) is 4.06. The predicted octanol–water partition coefficient (Wildman–Crippen LogP) is 3.56. The molecule has 0 aliphatic heterocycles. The van der Waals surface area contributed by atoms with E-state index in [4.69, 9.17) is 4.74 Å². The zero-order valence-electron chi connectivity index (χ0n) is 10.9. The molecule has 4 nitrogen and oxygen atoms in total. The van der Waals surface area contributed by atoms with Gasteiger partial charge in [-0.25, -0.2) is 9.78 Å². The molecule has 5 heteroatoms. The van der Waals surface area contributed by atoms with Gasteiger partial charge in [0.15, 0.2) is 0 Å². The Morgan fingerprint density at radius 3 is 2.74 bits per heavy atom. The van der Waals surface area contributed by atoms with Gasteiger partial charge in [0, 0.05) is 5.38 Å². The number of aromatic nitrogens is 1. The quantitative estimate of drug-likeness (QED) is 0.929. The van der Waals surface area contributed by atoms with Crippen molar-refractivity contribution in [3.05, 3.63) is 46.4 Å². The Morgan fingerprint density at radius 2 is 2.11 bits per heavy atom. The fourth-order valence-corrected chi connectivity index (χ4v) is 2.35. The Kier molecular flexibility index (Phi) is 4.52. The highest BCUT2D eigenvalue weighted by atomic mass is 32.1. The van der Waals surface area contributed by atoms with Gasteiger partial charge in [-0.1, -0.05) is 32.0 Å². The summed E-state index contributed by atoms with van der Waals surface area (Å²) in [5.41, 5.74) is 1.05. The SMILES string of the molecule is CC(C)c1csc(CNC(=O)Oc2ccccc2)n1. The highest BCUT2D eigenvalue weighted by Crippen LogP contribution is 2.17. The molecule has 0 radical (unpaired) electrons. The fourth-order valence-electron chi connectivity index (χ4n) is 1.45. The van der Waals surface area contributed by atoms with Crippen molar-refractivity contribution in [2.45, 2.75) is 26.3 Å². The van der Waals surface area contributed by atoms with Crippen LogP contribution in [0.25, 0.3) is 0 Å². The van der Waals surface area contributed by atoms with Crippen molar-refractivity contribution in [3.8, 4) is 5.75 Å². The van der Waals surface area contributed by atoms with Crippen LogP contribution in [-0.2, 0) is 6.54 Å². The van der Waals surface area contributed by atoms with E-state index in [1.807, 2.05) is 23.6 Å². The van der Waals surface area contributed by atoms with Gasteiger partial charge in [0.2, 0.25) is 0 Å². The summed E-state index contributed by atoms with van der Waals surface area (Å²) in [6.07, 6.45) is -0.465. The molecular weight excluding hydrogens is 260 g/mol. The third-order valence-electron chi connectivity index (χ3n) is 2.50. The highest BCUT2D eigenvalue weighted by Gasteiger charge is 2.08. The van der Waals surface area contributed by atoms with Crippen molar-refractivity contribution in [2.75, 3.05) is 0 Å². The highest BCUT2D eigenvalue weighted by molar-refractivity contribution is 7.09. The predicted molar refractivity (Wildman–Crippen MR) is 75.5 cm³/mol. The van der Waals surface area contributed by atoms with Gasteiger partial charge in [-0.05, 0) is 18.1 Å². The average Bonchev–Trinajstić information content (AvgIpc) is 2.86. The number of nitrogens with one attached hydrogen (secondary N) is 1. The molecule has 1 N–H and O–H groups in total. The molecule has 0 aliphatic carbocycles. The van der Waals surface area contributed by atoms with Crippen molar-refractivity contribution in [1.29, 1.82) is 0 Å². The van der Waals surface area contributed by atoms with E-state index in [2.05, 4.69) is 24.1 Å². The van der Waals surface area contributed by atoms with Gasteiger partial charge < -0.3 is 10.1 Å². The zero-order chi connectivity index (χ0) is 13.7. The number of hydrogen-bond donors (Lipinski definition) is 1. The Hall–Kier alpha value is -1.88. The Morgan fingerprint density at radius 1 is 1.37 bits per heavy atom. The first-order valence-electron chi connectivity index (χ1n) is 6.10. The number of carbonyl (C=O) groups excluding carboxylic acids is 1. The number of hydrogen-bond acceptors (Lipinski definition) is 4. The number of ether oxygens (including phenoxy) is 1. The van der Waals surface area contributed by atoms with Crippen LogP contribution in [0.15, 0.2) is 35.7 Å². The molecule has 1 amide bonds. The molecule has 2 rings (SSSR count). The second kappa shape index (κ2) is 6.33. The maximum atomic E-state index is 11.6. The number of nitrogens with zero attached hydrogens (tertiary/aromatic N) is 1. The maximum Gasteiger partial charge on any atom is 0.412 e. The van der Waals surface area contributed by atoms with Crippen molar-refractivity contribution >= 4 is 17.4 Å². The third-order valence-corrected chi connectivity index (χ3v) is 3.37. The first kappa shape index (κ1) is 13.5. The van der Waals surface area contributed by atoms with Crippen LogP contribution >= 0.6 is 11.3 Å². The van der Waals surface area contributed by atoms with Gasteiger partial charge in [0.25, 0.3) is 0 Å². The van der Waals surface area contributed by atoms with E-state index in [1.165, 1.54) is 0 Å². The summed E-state index contributed by atoms with van der Waals surface area (Å²) >= 11 is 1.54. The number of rotatable bonds is 4. The van der Waals surface area contributed by atoms with Crippen molar-refractivity contribution in [2.24, 2.45) is 0 Å². The average molecular weight is 276 g/mol. The van der Waals surface area contributed by atoms with E-state index in [0.717, 1.165) is 10.7 Å². The van der Waals surface area contributed by atoms with Crippen molar-refractivity contribution in [3.63, 3.8) is 0 Å². The summed E-state index contributed by atoms with van der Waals surface area (Å²) in [5, 5.41) is 5.59. The molecule has 0 spiro atoms. The molecule has 0 unspecified atom stereocenters. The van der Waals surface area contributed by atoms with E-state index in [-0.39, 0.29) is 0 Å². The van der Waals surface area contributed by atoms with Gasteiger partial charge in [-0.2, -0.15) is 0 Å². The number of amides is 1. The van der Waals surface area contributed by atoms with Gasteiger partial charge in [0.1, 0.15) is 10.8 Å². The van der Waals surface area contributed by atoms with Crippen molar-refractivity contribution < 1.29 is 9.53 Å². The van der Waals surface area contributed by atoms with E-state index in [0.29, 0.717) is 18.2 Å². The minimum atomic E-state index is -0.465. The van der Waals surface area contributed by atoms with Crippen molar-refractivity contribution in [1.82, 2.24) is 10.3 Å². The molecule has 100 valence electrons. The molecule has 0 bridgehead atoms. The van der Waals surface area contributed by atoms with E-state index in [9.17, 15) is 4.79 Å². The summed E-state index contributed by atoms with van der Waals surface area (Å²) in [5.74, 6) is 0.934. The van der Waals surface area contributed by atoms with Crippen LogP contribution in [0, 0.1) is 0 Å². The largest absolute Gasteiger partial charge is 0.412 e. The number of benzene rings is 1. The summed E-state index contributed by atoms with van der Waals surface area (Å²) in [4.78, 5) is 16.0. The number of thiazole rings is 1. The molecule has 19 heavy (non-hydrogen) atoms. The summed E-state index contributed by atoms with van der Waals surface area (Å²) in [6.45, 7) is 4.58. The molecule has 1 aromatic heterocycles. The normalized spacial score (nSPS) is 10.5. The molecular formula is C14H16N2O2S. The van der Waals surface area contributed by atoms with E-state index >= 15 is 0 Å². The smallest absolute Gasteiger partial charge is 0.410 e. The van der Waals surface area contributed by atoms with E-state index < -0.39 is 6.09 Å². The molecule has 0 saturated heterocycles. The Balaban J connectivity index is 1.83. The molecule has 0 aliphatic rings. The van der Waals surface area contributed by atoms with Gasteiger partial charge >= 0.3 is 6.09 Å². The topological polar surface area (TPSA) is 51.2 Å². The lowest BCUT2D eigenvalue weighted by atomic mass is 10.2. The minimum absolute atomic E-state index is 0.392. The number of para-hydroxylation sites is 1. The summed E-state index contributed by atoms with van der Waals surface area (Å²) in [6, 6.07) is 8.98. The lowest BCUT2D eigenvalue weighted by Gasteiger charge is -2.04. The van der Waals surface area contributed by atoms with Gasteiger partial charge in [-0.15, -0.1) is 11.3 Å². The zero-order valence-corrected chi connectivity index (χ0v) is 11.7. The summed E-state index contributed by atoms with van der Waals surface area (Å²) < 4.78 is 5.12. The van der Waals surface area contributed by atoms with Gasteiger partial charge in [0.05, 0.1) is 12.2 Å². The van der Waals surface area contributed by atoms with Crippen LogP contribution in [-0.4, -0.2) is 11.1 Å². The molecule has 2 aromatic rings. The monoisotopic (exact) mass is 276 g/mol. The van der Waals surface area contributed by atoms with Crippen LogP contribution in [0.1, 0.15) is 30.5 Å². The lowest BCUT2D eigenvalue weighted by molar-refractivity contribution is 0.200. The molecule has 1 heterocycles. The molecule has 0 saturated carbocycles. The standard InChI is InChI=1S/C14H16N2O2S/c1-10(2)12-9-19-13(16-12)8-15-14(17)18-11-6-4-3-5-7-11/h3-7,9-10H,8H2,1-2H3,(H,15,17). The maximum absolute atomic E-state index is 11.6. The first-order chi connectivity index (χ1) is 9.15. The van der Waals surface area contributed by atoms with Crippen LogP contribution < -0.4 is 10.1 Å². The lowest BCUT2D eigenvalue weighted by Crippen LogP contribution is -2.26. The minimum Gasteiger partial charge on any atom is -0.410 e. The molecule has 1 aromatic carbocycles. The molecule has 0 fully saturated rings. The summed E-state index contributed by atoms with van der Waals surface area (Å²) in [7, 11) is 0. The molecule has 0 atom stereocenters. The number of carbonyl (C=O) groups is 1. The van der Waals surface area contributed by atoms with E-state index in [1.54, 1.807) is 23.5 Å². The fraction of sp³-hybridized carbons (Fsp3) is 0.286. The Labute approximate surface area is 116 Å².